The highest BCUT2D eigenvalue weighted by atomic mass is 35.5. The van der Waals surface area contributed by atoms with Gasteiger partial charge < -0.3 is 10.3 Å². The molecule has 2 rings (SSSR count). The summed E-state index contributed by atoms with van der Waals surface area (Å²) in [7, 11) is 0. The summed E-state index contributed by atoms with van der Waals surface area (Å²) >= 11 is 11.8. The van der Waals surface area contributed by atoms with Crippen molar-refractivity contribution < 1.29 is 4.52 Å². The minimum Gasteiger partial charge on any atom is -0.361 e. The van der Waals surface area contributed by atoms with E-state index in [4.69, 9.17) is 33.5 Å². The molecule has 16 heavy (non-hydrogen) atoms. The second-order valence-corrected chi connectivity index (χ2v) is 4.16. The van der Waals surface area contributed by atoms with E-state index in [1.165, 1.54) is 0 Å². The number of benzene rings is 1. The summed E-state index contributed by atoms with van der Waals surface area (Å²) in [6.07, 6.45) is 0.675. The molecule has 1 heterocycles. The normalized spacial score (nSPS) is 10.7. The van der Waals surface area contributed by atoms with Crippen LogP contribution in [0.25, 0.3) is 11.3 Å². The summed E-state index contributed by atoms with van der Waals surface area (Å²) in [5.74, 6) is 0.767. The standard InChI is InChI=1S/C11H10Cl2N2O/c12-9-2-1-7(5-10(9)13)11-6-8(3-4-14)16-15-11/h1-2,5-6H,3-4,14H2. The molecular weight excluding hydrogens is 247 g/mol. The largest absolute Gasteiger partial charge is 0.361 e. The van der Waals surface area contributed by atoms with Crippen molar-refractivity contribution in [3.63, 3.8) is 0 Å². The van der Waals surface area contributed by atoms with Crippen LogP contribution in [0.5, 0.6) is 0 Å². The van der Waals surface area contributed by atoms with Crippen molar-refractivity contribution in [3.05, 3.63) is 40.1 Å². The molecule has 1 aromatic heterocycles. The number of rotatable bonds is 3. The van der Waals surface area contributed by atoms with Gasteiger partial charge in [0.25, 0.3) is 0 Å². The summed E-state index contributed by atoms with van der Waals surface area (Å²) in [6, 6.07) is 7.19. The van der Waals surface area contributed by atoms with Crippen molar-refractivity contribution in [1.29, 1.82) is 0 Å². The molecule has 0 aliphatic rings. The van der Waals surface area contributed by atoms with Gasteiger partial charge in [0.2, 0.25) is 0 Å². The fourth-order valence-corrected chi connectivity index (χ4v) is 1.66. The van der Waals surface area contributed by atoms with E-state index >= 15 is 0 Å². The molecule has 0 radical (unpaired) electrons. The molecule has 2 N–H and O–H groups in total. The second-order valence-electron chi connectivity index (χ2n) is 3.35. The average molecular weight is 257 g/mol. The number of halogens is 2. The number of nitrogens with zero attached hydrogens (tertiary/aromatic N) is 1. The molecule has 0 atom stereocenters. The maximum absolute atomic E-state index is 5.92. The molecule has 0 unspecified atom stereocenters. The highest BCUT2D eigenvalue weighted by Crippen LogP contribution is 2.28. The van der Waals surface area contributed by atoms with Crippen molar-refractivity contribution in [2.45, 2.75) is 6.42 Å². The van der Waals surface area contributed by atoms with E-state index < -0.39 is 0 Å². The Morgan fingerprint density at radius 2 is 2.00 bits per heavy atom. The van der Waals surface area contributed by atoms with Crippen LogP contribution in [0.3, 0.4) is 0 Å². The molecule has 0 saturated heterocycles. The highest BCUT2D eigenvalue weighted by Gasteiger charge is 2.07. The van der Waals surface area contributed by atoms with Crippen molar-refractivity contribution in [3.8, 4) is 11.3 Å². The quantitative estimate of drug-likeness (QED) is 0.918. The fraction of sp³-hybridized carbons (Fsp3) is 0.182. The molecule has 3 nitrogen and oxygen atoms in total. The van der Waals surface area contributed by atoms with Crippen LogP contribution in [0.15, 0.2) is 28.8 Å². The number of hydrogen-bond acceptors (Lipinski definition) is 3. The Hall–Kier alpha value is -1.03. The van der Waals surface area contributed by atoms with Gasteiger partial charge in [0, 0.05) is 18.1 Å². The van der Waals surface area contributed by atoms with Crippen LogP contribution in [0, 0.1) is 0 Å². The van der Waals surface area contributed by atoms with E-state index in [1.54, 1.807) is 12.1 Å². The first-order valence-electron chi connectivity index (χ1n) is 4.82. The van der Waals surface area contributed by atoms with E-state index in [0.717, 1.165) is 17.0 Å². The monoisotopic (exact) mass is 256 g/mol. The first-order chi connectivity index (χ1) is 7.70. The summed E-state index contributed by atoms with van der Waals surface area (Å²) in [4.78, 5) is 0. The Labute approximate surface area is 103 Å². The SMILES string of the molecule is NCCc1cc(-c2ccc(Cl)c(Cl)c2)no1. The first-order valence-corrected chi connectivity index (χ1v) is 5.57. The van der Waals surface area contributed by atoms with E-state index in [1.807, 2.05) is 12.1 Å². The molecule has 0 aliphatic heterocycles. The predicted molar refractivity (Wildman–Crippen MR) is 64.7 cm³/mol. The third kappa shape index (κ3) is 2.38. The number of aromatic nitrogens is 1. The van der Waals surface area contributed by atoms with Crippen molar-refractivity contribution in [2.24, 2.45) is 5.73 Å². The molecule has 1 aromatic carbocycles. The van der Waals surface area contributed by atoms with Crippen molar-refractivity contribution in [1.82, 2.24) is 5.16 Å². The Morgan fingerprint density at radius 1 is 1.19 bits per heavy atom. The predicted octanol–water partition coefficient (Wildman–Crippen LogP) is 3.15. The lowest BCUT2D eigenvalue weighted by atomic mass is 10.1. The minimum atomic E-state index is 0.502. The Bertz CT molecular complexity index is 496. The molecule has 0 saturated carbocycles. The van der Waals surface area contributed by atoms with Gasteiger partial charge in [-0.25, -0.2) is 0 Å². The summed E-state index contributed by atoms with van der Waals surface area (Å²) in [5, 5.41) is 4.97. The van der Waals surface area contributed by atoms with Gasteiger partial charge in [-0.3, -0.25) is 0 Å². The van der Waals surface area contributed by atoms with Crippen LogP contribution >= 0.6 is 23.2 Å². The maximum Gasteiger partial charge on any atom is 0.138 e. The lowest BCUT2D eigenvalue weighted by Crippen LogP contribution is -2.01. The molecule has 0 aliphatic carbocycles. The maximum atomic E-state index is 5.92. The zero-order valence-corrected chi connectivity index (χ0v) is 9.92. The van der Waals surface area contributed by atoms with Gasteiger partial charge in [-0.2, -0.15) is 0 Å². The highest BCUT2D eigenvalue weighted by molar-refractivity contribution is 6.42. The van der Waals surface area contributed by atoms with E-state index in [-0.39, 0.29) is 0 Å². The van der Waals surface area contributed by atoms with Crippen LogP contribution in [0.2, 0.25) is 10.0 Å². The van der Waals surface area contributed by atoms with Crippen LogP contribution < -0.4 is 5.73 Å². The third-order valence-electron chi connectivity index (χ3n) is 2.17. The zero-order chi connectivity index (χ0) is 11.5. The lowest BCUT2D eigenvalue weighted by molar-refractivity contribution is 0.386. The van der Waals surface area contributed by atoms with E-state index in [2.05, 4.69) is 5.16 Å². The lowest BCUT2D eigenvalue weighted by Gasteiger charge is -1.98. The van der Waals surface area contributed by atoms with Gasteiger partial charge in [-0.1, -0.05) is 34.4 Å². The van der Waals surface area contributed by atoms with Crippen LogP contribution in [0.1, 0.15) is 5.76 Å². The Morgan fingerprint density at radius 3 is 2.69 bits per heavy atom. The molecular formula is C11H10Cl2N2O. The van der Waals surface area contributed by atoms with Crippen molar-refractivity contribution in [2.75, 3.05) is 6.54 Å². The average Bonchev–Trinajstić information content (AvgIpc) is 2.71. The Kier molecular flexibility index (Phi) is 3.49. The molecule has 5 heteroatoms. The third-order valence-corrected chi connectivity index (χ3v) is 2.90. The number of nitrogens with two attached hydrogens (primary N) is 1. The molecule has 2 aromatic rings. The molecule has 0 amide bonds. The van der Waals surface area contributed by atoms with E-state index in [0.29, 0.717) is 23.0 Å². The topological polar surface area (TPSA) is 52.0 Å². The summed E-state index contributed by atoms with van der Waals surface area (Å²) < 4.78 is 5.12. The number of hydrogen-bond donors (Lipinski definition) is 1. The van der Waals surface area contributed by atoms with Gasteiger partial charge in [-0.15, -0.1) is 0 Å². The smallest absolute Gasteiger partial charge is 0.138 e. The van der Waals surface area contributed by atoms with Crippen molar-refractivity contribution >= 4 is 23.2 Å². The molecule has 0 fully saturated rings. The van der Waals surface area contributed by atoms with Gasteiger partial charge in [0.05, 0.1) is 10.0 Å². The molecule has 0 spiro atoms. The van der Waals surface area contributed by atoms with Gasteiger partial charge in [0.15, 0.2) is 0 Å². The summed E-state index contributed by atoms with van der Waals surface area (Å²) in [6.45, 7) is 0.538. The van der Waals surface area contributed by atoms with Crippen LogP contribution in [0.4, 0.5) is 0 Å². The van der Waals surface area contributed by atoms with Gasteiger partial charge in [-0.05, 0) is 18.7 Å². The minimum absolute atomic E-state index is 0.502. The first kappa shape index (κ1) is 11.5. The van der Waals surface area contributed by atoms with E-state index in [9.17, 15) is 0 Å². The van der Waals surface area contributed by atoms with Crippen LogP contribution in [-0.2, 0) is 6.42 Å². The van der Waals surface area contributed by atoms with Gasteiger partial charge in [0.1, 0.15) is 11.5 Å². The summed E-state index contributed by atoms with van der Waals surface area (Å²) in [5.41, 5.74) is 7.04. The molecule has 84 valence electrons. The zero-order valence-electron chi connectivity index (χ0n) is 8.41. The second kappa shape index (κ2) is 4.87. The molecule has 0 bridgehead atoms. The Balaban J connectivity index is 2.31. The van der Waals surface area contributed by atoms with Crippen LogP contribution in [-0.4, -0.2) is 11.7 Å². The fourth-order valence-electron chi connectivity index (χ4n) is 1.36. The van der Waals surface area contributed by atoms with Gasteiger partial charge >= 0.3 is 0 Å².